The molecule has 0 saturated heterocycles. The van der Waals surface area contributed by atoms with Crippen LogP contribution in [0.3, 0.4) is 0 Å². The van der Waals surface area contributed by atoms with Crippen molar-refractivity contribution in [2.45, 2.75) is 19.4 Å². The molecule has 0 N–H and O–H groups in total. The summed E-state index contributed by atoms with van der Waals surface area (Å²) in [6, 6.07) is 0. The summed E-state index contributed by atoms with van der Waals surface area (Å²) in [5.41, 5.74) is 1.27. The Morgan fingerprint density at radius 3 is 2.57 bits per heavy atom. The van der Waals surface area contributed by atoms with Crippen molar-refractivity contribution in [2.75, 3.05) is 0 Å². The van der Waals surface area contributed by atoms with Crippen LogP contribution in [0.5, 0.6) is 0 Å². The van der Waals surface area contributed by atoms with Gasteiger partial charge in [0.1, 0.15) is 6.10 Å². The van der Waals surface area contributed by atoms with Gasteiger partial charge in [-0.05, 0) is 12.5 Å². The van der Waals surface area contributed by atoms with Gasteiger partial charge >= 0.3 is 0 Å². The van der Waals surface area contributed by atoms with E-state index in [-0.39, 0.29) is 0 Å². The van der Waals surface area contributed by atoms with Crippen molar-refractivity contribution in [3.63, 3.8) is 0 Å². The quantitative estimate of drug-likeness (QED) is 0.530. The second-order valence-corrected chi connectivity index (χ2v) is 1.52. The molecule has 2 heteroatoms. The average Bonchev–Trinajstić information content (AvgIpc) is 1.68. The molecule has 0 rings (SSSR count). The summed E-state index contributed by atoms with van der Waals surface area (Å²) in [4.78, 5) is 0. The van der Waals surface area contributed by atoms with E-state index >= 15 is 0 Å². The second-order valence-electron chi connectivity index (χ2n) is 1.27. The molecule has 0 bridgehead atoms. The lowest BCUT2D eigenvalue weighted by molar-refractivity contribution is 0.127. The van der Waals surface area contributed by atoms with E-state index in [9.17, 15) is 5.11 Å². The van der Waals surface area contributed by atoms with Gasteiger partial charge in [-0.3, -0.25) is 0 Å². The molecule has 0 aromatic carbocycles. The Labute approximate surface area is 48.6 Å². The number of hydrogen-bond acceptors (Lipinski definition) is 0. The van der Waals surface area contributed by atoms with Crippen LogP contribution in [0.4, 0.5) is 0 Å². The maximum atomic E-state index is 10.3. The SMILES string of the molecule is CCC([O])C=CCl. The first-order valence-electron chi connectivity index (χ1n) is 2.24. The van der Waals surface area contributed by atoms with E-state index < -0.39 is 6.10 Å². The van der Waals surface area contributed by atoms with Crippen molar-refractivity contribution in [3.8, 4) is 0 Å². The fourth-order valence-electron chi connectivity index (χ4n) is 0.217. The van der Waals surface area contributed by atoms with Crippen LogP contribution in [-0.4, -0.2) is 6.10 Å². The number of rotatable bonds is 2. The van der Waals surface area contributed by atoms with E-state index in [4.69, 9.17) is 11.6 Å². The number of halogens is 1. The molecule has 1 radical (unpaired) electrons. The summed E-state index contributed by atoms with van der Waals surface area (Å²) in [7, 11) is 0. The smallest absolute Gasteiger partial charge is 0.112 e. The lowest BCUT2D eigenvalue weighted by Crippen LogP contribution is -1.94. The van der Waals surface area contributed by atoms with Gasteiger partial charge in [0.2, 0.25) is 0 Å². The molecule has 0 fully saturated rings. The van der Waals surface area contributed by atoms with E-state index in [0.717, 1.165) is 0 Å². The molecule has 0 amide bonds. The molecule has 1 nitrogen and oxygen atoms in total. The van der Waals surface area contributed by atoms with Gasteiger partial charge in [-0.1, -0.05) is 18.5 Å². The van der Waals surface area contributed by atoms with Crippen LogP contribution in [0, 0.1) is 0 Å². The summed E-state index contributed by atoms with van der Waals surface area (Å²) in [6.07, 6.45) is 1.43. The van der Waals surface area contributed by atoms with E-state index in [0.29, 0.717) is 6.42 Å². The predicted molar refractivity (Wildman–Crippen MR) is 29.8 cm³/mol. The van der Waals surface area contributed by atoms with Crippen LogP contribution in [0.2, 0.25) is 0 Å². The van der Waals surface area contributed by atoms with Crippen LogP contribution in [0.25, 0.3) is 0 Å². The molecule has 7 heavy (non-hydrogen) atoms. The van der Waals surface area contributed by atoms with Gasteiger partial charge < -0.3 is 0 Å². The minimum atomic E-state index is -0.613. The maximum absolute atomic E-state index is 10.3. The zero-order chi connectivity index (χ0) is 5.70. The first-order valence-corrected chi connectivity index (χ1v) is 2.67. The van der Waals surface area contributed by atoms with Gasteiger partial charge in [-0.25, -0.2) is 5.11 Å². The van der Waals surface area contributed by atoms with Gasteiger partial charge in [-0.15, -0.1) is 0 Å². The topological polar surface area (TPSA) is 19.9 Å². The molecule has 0 aliphatic heterocycles. The molecule has 1 atom stereocenters. The van der Waals surface area contributed by atoms with Gasteiger partial charge in [0.05, 0.1) is 0 Å². The maximum Gasteiger partial charge on any atom is 0.112 e. The van der Waals surface area contributed by atoms with Crippen LogP contribution < -0.4 is 0 Å². The molecule has 0 aromatic rings. The molecular formula is C5H8ClO. The largest absolute Gasteiger partial charge is 0.229 e. The Balaban J connectivity index is 3.16. The van der Waals surface area contributed by atoms with Crippen molar-refractivity contribution < 1.29 is 5.11 Å². The van der Waals surface area contributed by atoms with Crippen LogP contribution in [-0.2, 0) is 5.11 Å². The molecular weight excluding hydrogens is 112 g/mol. The standard InChI is InChI=1S/C5H8ClO/c1-2-5(7)3-4-6/h3-5H,2H2,1H3. The van der Waals surface area contributed by atoms with Gasteiger partial charge in [-0.2, -0.15) is 0 Å². The molecule has 0 aliphatic carbocycles. The minimum Gasteiger partial charge on any atom is -0.229 e. The fraction of sp³-hybridized carbons (Fsp3) is 0.600. The molecule has 0 heterocycles. The van der Waals surface area contributed by atoms with Crippen molar-refractivity contribution in [2.24, 2.45) is 0 Å². The summed E-state index contributed by atoms with van der Waals surface area (Å²) in [6.45, 7) is 1.83. The van der Waals surface area contributed by atoms with E-state index in [1.54, 1.807) is 0 Å². The fourth-order valence-corrected chi connectivity index (χ4v) is 0.379. The van der Waals surface area contributed by atoms with Crippen molar-refractivity contribution in [3.05, 3.63) is 11.6 Å². The molecule has 0 saturated carbocycles. The highest BCUT2D eigenvalue weighted by atomic mass is 35.5. The van der Waals surface area contributed by atoms with E-state index in [1.165, 1.54) is 11.6 Å². The number of hydrogen-bond donors (Lipinski definition) is 0. The summed E-state index contributed by atoms with van der Waals surface area (Å²) in [5.74, 6) is 0. The van der Waals surface area contributed by atoms with Gasteiger partial charge in [0.25, 0.3) is 0 Å². The third kappa shape index (κ3) is 3.83. The Morgan fingerprint density at radius 2 is 2.43 bits per heavy atom. The van der Waals surface area contributed by atoms with Crippen molar-refractivity contribution in [1.29, 1.82) is 0 Å². The summed E-state index contributed by atoms with van der Waals surface area (Å²) < 4.78 is 0. The molecule has 0 aliphatic rings. The lowest BCUT2D eigenvalue weighted by atomic mass is 10.3. The highest BCUT2D eigenvalue weighted by Crippen LogP contribution is 1.92. The monoisotopic (exact) mass is 119 g/mol. The highest BCUT2D eigenvalue weighted by molar-refractivity contribution is 6.25. The predicted octanol–water partition coefficient (Wildman–Crippen LogP) is 1.95. The summed E-state index contributed by atoms with van der Waals surface area (Å²) in [5, 5.41) is 10.3. The van der Waals surface area contributed by atoms with Crippen LogP contribution in [0.1, 0.15) is 13.3 Å². The van der Waals surface area contributed by atoms with Crippen molar-refractivity contribution >= 4 is 11.6 Å². The lowest BCUT2D eigenvalue weighted by Gasteiger charge is -1.90. The molecule has 1 unspecified atom stereocenters. The zero-order valence-corrected chi connectivity index (χ0v) is 4.98. The molecule has 0 aromatic heterocycles. The van der Waals surface area contributed by atoms with E-state index in [2.05, 4.69) is 0 Å². The first-order chi connectivity index (χ1) is 3.31. The minimum absolute atomic E-state index is 0.613. The summed E-state index contributed by atoms with van der Waals surface area (Å²) >= 11 is 5.09. The first kappa shape index (κ1) is 6.99. The third-order valence-electron chi connectivity index (χ3n) is 0.690. The van der Waals surface area contributed by atoms with E-state index in [1.807, 2.05) is 6.92 Å². The Bertz CT molecular complexity index is 61.1. The Morgan fingerprint density at radius 1 is 1.86 bits per heavy atom. The van der Waals surface area contributed by atoms with Gasteiger partial charge in [0.15, 0.2) is 0 Å². The second kappa shape index (κ2) is 4.16. The third-order valence-corrected chi connectivity index (χ3v) is 0.835. The Kier molecular flexibility index (Phi) is 4.15. The van der Waals surface area contributed by atoms with Crippen LogP contribution in [0.15, 0.2) is 11.6 Å². The van der Waals surface area contributed by atoms with Crippen LogP contribution >= 0.6 is 11.6 Å². The highest BCUT2D eigenvalue weighted by Gasteiger charge is 1.91. The van der Waals surface area contributed by atoms with Crippen molar-refractivity contribution in [1.82, 2.24) is 0 Å². The molecule has 41 valence electrons. The van der Waals surface area contributed by atoms with Gasteiger partial charge in [0, 0.05) is 5.54 Å². The average molecular weight is 120 g/mol. The normalized spacial score (nSPS) is 15.3. The Hall–Kier alpha value is -0.0100. The molecule has 0 spiro atoms. The zero-order valence-electron chi connectivity index (χ0n) is 4.23.